The Bertz CT molecular complexity index is 221. The Morgan fingerprint density at radius 1 is 1.17 bits per heavy atom. The van der Waals surface area contributed by atoms with Gasteiger partial charge in [-0.15, -0.1) is 0 Å². The zero-order valence-electron chi connectivity index (χ0n) is 8.99. The van der Waals surface area contributed by atoms with E-state index in [4.69, 9.17) is 0 Å². The summed E-state index contributed by atoms with van der Waals surface area (Å²) in [5.74, 6) is 0. The van der Waals surface area contributed by atoms with Crippen molar-refractivity contribution >= 4 is 0 Å². The van der Waals surface area contributed by atoms with Gasteiger partial charge in [0.25, 0.3) is 0 Å². The summed E-state index contributed by atoms with van der Waals surface area (Å²) in [4.78, 5) is 0. The van der Waals surface area contributed by atoms with Gasteiger partial charge in [-0.05, 0) is 30.4 Å². The predicted molar refractivity (Wildman–Crippen MR) is 57.2 cm³/mol. The first-order valence-corrected chi connectivity index (χ1v) is 4.32. The molecule has 0 amide bonds. The lowest BCUT2D eigenvalue weighted by atomic mass is 9.81. The molecule has 0 aliphatic heterocycles. The van der Waals surface area contributed by atoms with Gasteiger partial charge in [0.15, 0.2) is 0 Å². The van der Waals surface area contributed by atoms with Crippen LogP contribution < -0.4 is 0 Å². The summed E-state index contributed by atoms with van der Waals surface area (Å²) >= 11 is 0. The van der Waals surface area contributed by atoms with Crippen molar-refractivity contribution in [2.45, 2.75) is 34.6 Å². The van der Waals surface area contributed by atoms with Crippen LogP contribution in [0.25, 0.3) is 0 Å². The summed E-state index contributed by atoms with van der Waals surface area (Å²) in [6.45, 7) is 18.6. The molecule has 0 nitrogen and oxygen atoms in total. The van der Waals surface area contributed by atoms with E-state index in [2.05, 4.69) is 40.0 Å². The van der Waals surface area contributed by atoms with Gasteiger partial charge in [0.2, 0.25) is 0 Å². The molecular weight excluding hydrogens is 144 g/mol. The molecular formula is C12H20. The van der Waals surface area contributed by atoms with E-state index in [0.29, 0.717) is 0 Å². The fourth-order valence-corrected chi connectivity index (χ4v) is 1.08. The van der Waals surface area contributed by atoms with E-state index in [-0.39, 0.29) is 5.41 Å². The van der Waals surface area contributed by atoms with Crippen LogP contribution in [0.1, 0.15) is 34.6 Å². The van der Waals surface area contributed by atoms with Crippen LogP contribution in [0.3, 0.4) is 0 Å². The van der Waals surface area contributed by atoms with Gasteiger partial charge in [-0.25, -0.2) is 0 Å². The zero-order chi connectivity index (χ0) is 9.94. The van der Waals surface area contributed by atoms with E-state index >= 15 is 0 Å². The molecule has 0 aliphatic rings. The maximum absolute atomic E-state index is 4.09. The summed E-state index contributed by atoms with van der Waals surface area (Å²) in [7, 11) is 0. The number of hydrogen-bond acceptors (Lipinski definition) is 0. The lowest BCUT2D eigenvalue weighted by molar-refractivity contribution is 0.513. The van der Waals surface area contributed by atoms with Crippen LogP contribution in [0.5, 0.6) is 0 Å². The van der Waals surface area contributed by atoms with Crippen LogP contribution in [0.15, 0.2) is 36.0 Å². The third-order valence-electron chi connectivity index (χ3n) is 1.98. The Balaban J connectivity index is 4.82. The van der Waals surface area contributed by atoms with Crippen molar-refractivity contribution in [1.29, 1.82) is 0 Å². The van der Waals surface area contributed by atoms with Gasteiger partial charge < -0.3 is 0 Å². The molecule has 0 spiro atoms. The van der Waals surface area contributed by atoms with Crippen LogP contribution in [-0.4, -0.2) is 0 Å². The van der Waals surface area contributed by atoms with Crippen LogP contribution in [-0.2, 0) is 0 Å². The third kappa shape index (κ3) is 2.69. The van der Waals surface area contributed by atoms with E-state index in [0.717, 1.165) is 11.1 Å². The first-order valence-electron chi connectivity index (χ1n) is 4.32. The SMILES string of the molecule is C=C(C)/C(=C\C)C(=C)C(C)(C)C. The highest BCUT2D eigenvalue weighted by atomic mass is 14.2. The van der Waals surface area contributed by atoms with E-state index in [1.165, 1.54) is 5.57 Å². The molecule has 0 bridgehead atoms. The van der Waals surface area contributed by atoms with Crippen molar-refractivity contribution in [2.75, 3.05) is 0 Å². The summed E-state index contributed by atoms with van der Waals surface area (Å²) in [6, 6.07) is 0. The van der Waals surface area contributed by atoms with Crippen LogP contribution in [0.2, 0.25) is 0 Å². The van der Waals surface area contributed by atoms with Crippen molar-refractivity contribution < 1.29 is 0 Å². The van der Waals surface area contributed by atoms with Crippen LogP contribution in [0, 0.1) is 5.41 Å². The van der Waals surface area contributed by atoms with Gasteiger partial charge >= 0.3 is 0 Å². The average Bonchev–Trinajstić information content (AvgIpc) is 1.86. The Hall–Kier alpha value is -0.780. The average molecular weight is 164 g/mol. The smallest absolute Gasteiger partial charge is 0.0132 e. The second-order valence-electron chi connectivity index (χ2n) is 4.21. The molecule has 0 rings (SSSR count). The molecule has 68 valence electrons. The lowest BCUT2D eigenvalue weighted by Crippen LogP contribution is -2.10. The fourth-order valence-electron chi connectivity index (χ4n) is 1.08. The molecule has 0 N–H and O–H groups in total. The highest BCUT2D eigenvalue weighted by Crippen LogP contribution is 2.32. The first-order chi connectivity index (χ1) is 5.30. The summed E-state index contributed by atoms with van der Waals surface area (Å²) in [5, 5.41) is 0. The largest absolute Gasteiger partial charge is 0.0955 e. The van der Waals surface area contributed by atoms with Gasteiger partial charge in [-0.1, -0.05) is 45.6 Å². The van der Waals surface area contributed by atoms with Gasteiger partial charge in [0, 0.05) is 0 Å². The minimum atomic E-state index is 0.140. The van der Waals surface area contributed by atoms with Gasteiger partial charge in [-0.2, -0.15) is 0 Å². The molecule has 0 aromatic rings. The van der Waals surface area contributed by atoms with Crippen molar-refractivity contribution in [1.82, 2.24) is 0 Å². The minimum absolute atomic E-state index is 0.140. The van der Waals surface area contributed by atoms with Gasteiger partial charge in [0.1, 0.15) is 0 Å². The molecule has 0 aromatic carbocycles. The highest BCUT2D eigenvalue weighted by molar-refractivity contribution is 5.45. The monoisotopic (exact) mass is 164 g/mol. The Labute approximate surface area is 76.7 Å². The van der Waals surface area contributed by atoms with Crippen LogP contribution >= 0.6 is 0 Å². The van der Waals surface area contributed by atoms with Crippen molar-refractivity contribution in [2.24, 2.45) is 5.41 Å². The second-order valence-corrected chi connectivity index (χ2v) is 4.21. The molecule has 0 unspecified atom stereocenters. The summed E-state index contributed by atoms with van der Waals surface area (Å²) in [5.41, 5.74) is 3.60. The normalized spacial score (nSPS) is 12.9. The highest BCUT2D eigenvalue weighted by Gasteiger charge is 2.17. The standard InChI is InChI=1S/C12H20/c1-8-11(9(2)3)10(4)12(5,6)7/h8H,2,4H2,1,3,5-7H3/b11-8+. The molecule has 0 fully saturated rings. The van der Waals surface area contributed by atoms with E-state index in [9.17, 15) is 0 Å². The first kappa shape index (κ1) is 11.2. The Morgan fingerprint density at radius 3 is 1.67 bits per heavy atom. The predicted octanol–water partition coefficient (Wildman–Crippen LogP) is 4.11. The maximum atomic E-state index is 4.09. The minimum Gasteiger partial charge on any atom is -0.0955 e. The number of allylic oxidation sites excluding steroid dienone is 4. The molecule has 0 saturated carbocycles. The second kappa shape index (κ2) is 3.75. The van der Waals surface area contributed by atoms with E-state index in [1.807, 2.05) is 13.8 Å². The Kier molecular flexibility index (Phi) is 3.51. The van der Waals surface area contributed by atoms with Crippen LogP contribution in [0.4, 0.5) is 0 Å². The van der Waals surface area contributed by atoms with Gasteiger partial charge in [0.05, 0.1) is 0 Å². The maximum Gasteiger partial charge on any atom is -0.0132 e. The third-order valence-corrected chi connectivity index (χ3v) is 1.98. The summed E-state index contributed by atoms with van der Waals surface area (Å²) < 4.78 is 0. The van der Waals surface area contributed by atoms with Crippen molar-refractivity contribution in [3.05, 3.63) is 36.0 Å². The van der Waals surface area contributed by atoms with E-state index < -0.39 is 0 Å². The molecule has 0 heterocycles. The number of hydrogen-bond donors (Lipinski definition) is 0. The van der Waals surface area contributed by atoms with E-state index in [1.54, 1.807) is 0 Å². The number of rotatable bonds is 2. The molecule has 0 saturated heterocycles. The van der Waals surface area contributed by atoms with Gasteiger partial charge in [-0.3, -0.25) is 0 Å². The molecule has 0 radical (unpaired) electrons. The lowest BCUT2D eigenvalue weighted by Gasteiger charge is -2.24. The molecule has 0 aromatic heterocycles. The Morgan fingerprint density at radius 2 is 1.58 bits per heavy atom. The topological polar surface area (TPSA) is 0 Å². The van der Waals surface area contributed by atoms with Crippen molar-refractivity contribution in [3.8, 4) is 0 Å². The van der Waals surface area contributed by atoms with Crippen molar-refractivity contribution in [3.63, 3.8) is 0 Å². The fraction of sp³-hybridized carbons (Fsp3) is 0.500. The zero-order valence-corrected chi connectivity index (χ0v) is 8.99. The quantitative estimate of drug-likeness (QED) is 0.539. The molecule has 0 aliphatic carbocycles. The summed E-state index contributed by atoms with van der Waals surface area (Å²) in [6.07, 6.45) is 2.08. The molecule has 12 heavy (non-hydrogen) atoms. The molecule has 0 heteroatoms. The molecule has 0 atom stereocenters.